The van der Waals surface area contributed by atoms with Crippen molar-refractivity contribution in [3.8, 4) is 17.2 Å². The lowest BCUT2D eigenvalue weighted by atomic mass is 10.2. The summed E-state index contributed by atoms with van der Waals surface area (Å²) in [6.45, 7) is 2.94. The lowest BCUT2D eigenvalue weighted by Gasteiger charge is -2.09. The van der Waals surface area contributed by atoms with Crippen LogP contribution in [0.5, 0.6) is 11.5 Å². The smallest absolute Gasteiger partial charge is 0.231 e. The summed E-state index contributed by atoms with van der Waals surface area (Å²) >= 11 is 0. The third-order valence-electron chi connectivity index (χ3n) is 4.61. The molecular formula is C20H17N5O2. The highest BCUT2D eigenvalue weighted by atomic mass is 16.7. The summed E-state index contributed by atoms with van der Waals surface area (Å²) in [7, 11) is 0. The number of hydrogen-bond acceptors (Lipinski definition) is 6. The number of rotatable bonds is 4. The Morgan fingerprint density at radius 3 is 2.89 bits per heavy atom. The second-order valence-electron chi connectivity index (χ2n) is 6.34. The molecule has 0 aliphatic carbocycles. The predicted molar refractivity (Wildman–Crippen MR) is 101 cm³/mol. The van der Waals surface area contributed by atoms with E-state index in [1.807, 2.05) is 41.1 Å². The van der Waals surface area contributed by atoms with Gasteiger partial charge in [-0.25, -0.2) is 14.6 Å². The van der Waals surface area contributed by atoms with Crippen LogP contribution < -0.4 is 14.8 Å². The van der Waals surface area contributed by atoms with Gasteiger partial charge in [-0.1, -0.05) is 24.3 Å². The minimum Gasteiger partial charge on any atom is -0.454 e. The van der Waals surface area contributed by atoms with Crippen molar-refractivity contribution in [2.75, 3.05) is 12.1 Å². The third kappa shape index (κ3) is 2.73. The van der Waals surface area contributed by atoms with Gasteiger partial charge in [0.25, 0.3) is 0 Å². The third-order valence-corrected chi connectivity index (χ3v) is 4.61. The normalized spacial score (nSPS) is 12.5. The van der Waals surface area contributed by atoms with E-state index in [9.17, 15) is 0 Å². The average molecular weight is 359 g/mol. The van der Waals surface area contributed by atoms with Gasteiger partial charge in [0.05, 0.1) is 17.3 Å². The van der Waals surface area contributed by atoms with E-state index < -0.39 is 0 Å². The van der Waals surface area contributed by atoms with Crippen LogP contribution >= 0.6 is 0 Å². The van der Waals surface area contributed by atoms with Gasteiger partial charge in [0.15, 0.2) is 17.1 Å². The van der Waals surface area contributed by atoms with Gasteiger partial charge in [-0.2, -0.15) is 5.10 Å². The molecule has 0 amide bonds. The maximum absolute atomic E-state index is 5.44. The summed E-state index contributed by atoms with van der Waals surface area (Å²) < 4.78 is 12.6. The number of aromatic nitrogens is 4. The zero-order chi connectivity index (χ0) is 18.2. The molecule has 2 aromatic carbocycles. The lowest BCUT2D eigenvalue weighted by molar-refractivity contribution is 0.174. The first-order valence-corrected chi connectivity index (χ1v) is 8.67. The molecule has 0 radical (unpaired) electrons. The molecule has 0 saturated heterocycles. The predicted octanol–water partition coefficient (Wildman–Crippen LogP) is 3.46. The van der Waals surface area contributed by atoms with Gasteiger partial charge in [0, 0.05) is 6.54 Å². The van der Waals surface area contributed by atoms with Crippen molar-refractivity contribution < 1.29 is 9.47 Å². The van der Waals surface area contributed by atoms with E-state index in [-0.39, 0.29) is 6.79 Å². The van der Waals surface area contributed by atoms with E-state index in [1.54, 1.807) is 12.5 Å². The van der Waals surface area contributed by atoms with Crippen LogP contribution in [0.1, 0.15) is 11.1 Å². The second kappa shape index (κ2) is 6.28. The minimum absolute atomic E-state index is 0.275. The van der Waals surface area contributed by atoms with Crippen molar-refractivity contribution in [3.63, 3.8) is 0 Å². The number of para-hydroxylation sites is 1. The van der Waals surface area contributed by atoms with Crippen LogP contribution in [-0.2, 0) is 6.54 Å². The Labute approximate surface area is 155 Å². The number of hydrogen-bond donors (Lipinski definition) is 1. The Bertz CT molecular complexity index is 1140. The van der Waals surface area contributed by atoms with Crippen molar-refractivity contribution in [1.29, 1.82) is 0 Å². The molecule has 1 N–H and O–H groups in total. The first-order chi connectivity index (χ1) is 13.3. The molecule has 0 unspecified atom stereocenters. The molecule has 0 bridgehead atoms. The second-order valence-corrected chi connectivity index (χ2v) is 6.34. The summed E-state index contributed by atoms with van der Waals surface area (Å²) in [6, 6.07) is 14.0. The van der Waals surface area contributed by atoms with Crippen LogP contribution in [0, 0.1) is 6.92 Å². The lowest BCUT2D eigenvalue weighted by Crippen LogP contribution is -2.03. The molecule has 7 nitrogen and oxygen atoms in total. The summed E-state index contributed by atoms with van der Waals surface area (Å²) in [5.74, 6) is 2.30. The van der Waals surface area contributed by atoms with Gasteiger partial charge < -0.3 is 14.8 Å². The number of ether oxygens (including phenoxy) is 2. The van der Waals surface area contributed by atoms with Crippen molar-refractivity contribution in [2.45, 2.75) is 13.5 Å². The van der Waals surface area contributed by atoms with E-state index >= 15 is 0 Å². The average Bonchev–Trinajstić information content (AvgIpc) is 3.33. The van der Waals surface area contributed by atoms with Crippen molar-refractivity contribution in [1.82, 2.24) is 19.7 Å². The number of nitrogens with one attached hydrogen (secondary N) is 1. The summed E-state index contributed by atoms with van der Waals surface area (Å²) in [5, 5.41) is 8.78. The van der Waals surface area contributed by atoms with Crippen LogP contribution in [0.2, 0.25) is 0 Å². The minimum atomic E-state index is 0.275. The SMILES string of the molecule is Cc1ccccc1-n1ncc2c(NCc3ccc4c(c3)OCO4)ncnc21. The maximum atomic E-state index is 5.44. The first kappa shape index (κ1) is 15.6. The molecule has 3 heterocycles. The molecule has 2 aromatic heterocycles. The molecule has 0 spiro atoms. The van der Waals surface area contributed by atoms with Crippen LogP contribution in [0.15, 0.2) is 55.0 Å². The van der Waals surface area contributed by atoms with Crippen molar-refractivity contribution in [2.24, 2.45) is 0 Å². The molecule has 27 heavy (non-hydrogen) atoms. The van der Waals surface area contributed by atoms with Gasteiger partial charge >= 0.3 is 0 Å². The Balaban J connectivity index is 1.45. The zero-order valence-electron chi connectivity index (χ0n) is 14.7. The Morgan fingerprint density at radius 2 is 1.96 bits per heavy atom. The molecule has 0 saturated carbocycles. The van der Waals surface area contributed by atoms with Gasteiger partial charge in [0.2, 0.25) is 6.79 Å². The molecule has 134 valence electrons. The fraction of sp³-hybridized carbons (Fsp3) is 0.150. The molecule has 0 fully saturated rings. The topological polar surface area (TPSA) is 74.1 Å². The van der Waals surface area contributed by atoms with Crippen LogP contribution in [0.25, 0.3) is 16.7 Å². The number of nitrogens with zero attached hydrogens (tertiary/aromatic N) is 4. The van der Waals surface area contributed by atoms with E-state index in [0.29, 0.717) is 6.54 Å². The Morgan fingerprint density at radius 1 is 1.07 bits per heavy atom. The van der Waals surface area contributed by atoms with Gasteiger partial charge in [0.1, 0.15) is 12.1 Å². The largest absolute Gasteiger partial charge is 0.454 e. The van der Waals surface area contributed by atoms with Crippen molar-refractivity contribution >= 4 is 16.9 Å². The Hall–Kier alpha value is -3.61. The summed E-state index contributed by atoms with van der Waals surface area (Å²) in [6.07, 6.45) is 3.35. The summed E-state index contributed by atoms with van der Waals surface area (Å²) in [4.78, 5) is 8.83. The van der Waals surface area contributed by atoms with Gasteiger partial charge in [-0.3, -0.25) is 0 Å². The molecule has 7 heteroatoms. The van der Waals surface area contributed by atoms with Gasteiger partial charge in [-0.15, -0.1) is 0 Å². The van der Waals surface area contributed by atoms with E-state index in [1.165, 1.54) is 0 Å². The number of fused-ring (bicyclic) bond motifs is 2. The molecule has 0 atom stereocenters. The fourth-order valence-corrected chi connectivity index (χ4v) is 3.20. The fourth-order valence-electron chi connectivity index (χ4n) is 3.20. The molecule has 1 aliphatic rings. The van der Waals surface area contributed by atoms with E-state index in [0.717, 1.165) is 45.2 Å². The standard InChI is InChI=1S/C20H17N5O2/c1-13-4-2-3-5-16(13)25-20-15(10-24-25)19(22-11-23-20)21-9-14-6-7-17-18(8-14)27-12-26-17/h2-8,10-11H,9,12H2,1H3,(H,21,22,23). The van der Waals surface area contributed by atoms with Crippen LogP contribution in [0.4, 0.5) is 5.82 Å². The van der Waals surface area contributed by atoms with Crippen LogP contribution in [-0.4, -0.2) is 26.5 Å². The quantitative estimate of drug-likeness (QED) is 0.601. The molecule has 5 rings (SSSR count). The maximum Gasteiger partial charge on any atom is 0.231 e. The van der Waals surface area contributed by atoms with Gasteiger partial charge in [-0.05, 0) is 36.2 Å². The molecule has 4 aromatic rings. The highest BCUT2D eigenvalue weighted by Crippen LogP contribution is 2.32. The van der Waals surface area contributed by atoms with E-state index in [4.69, 9.17) is 9.47 Å². The van der Waals surface area contributed by atoms with Crippen LogP contribution in [0.3, 0.4) is 0 Å². The van der Waals surface area contributed by atoms with Crippen molar-refractivity contribution in [3.05, 3.63) is 66.1 Å². The number of anilines is 1. The zero-order valence-corrected chi connectivity index (χ0v) is 14.7. The highest BCUT2D eigenvalue weighted by molar-refractivity contribution is 5.87. The monoisotopic (exact) mass is 359 g/mol. The molecule has 1 aliphatic heterocycles. The first-order valence-electron chi connectivity index (χ1n) is 8.67. The Kier molecular flexibility index (Phi) is 3.64. The number of benzene rings is 2. The highest BCUT2D eigenvalue weighted by Gasteiger charge is 2.15. The molecular weight excluding hydrogens is 342 g/mol. The number of aryl methyl sites for hydroxylation is 1. The van der Waals surface area contributed by atoms with E-state index in [2.05, 4.69) is 33.4 Å². The summed E-state index contributed by atoms with van der Waals surface area (Å²) in [5.41, 5.74) is 3.99.